The highest BCUT2D eigenvalue weighted by atomic mass is 35.5. The molecule has 2 aromatic carbocycles. The second-order valence-corrected chi connectivity index (χ2v) is 4.74. The number of rotatable bonds is 2. The molecular formula is C15H11ClN2O2. The third-order valence-corrected chi connectivity index (χ3v) is 3.28. The Bertz CT molecular complexity index is 825. The van der Waals surface area contributed by atoms with Gasteiger partial charge in [0.2, 0.25) is 0 Å². The van der Waals surface area contributed by atoms with Gasteiger partial charge in [0.15, 0.2) is 0 Å². The van der Waals surface area contributed by atoms with Gasteiger partial charge in [-0.05, 0) is 42.5 Å². The molecule has 0 fully saturated rings. The molecule has 0 spiro atoms. The van der Waals surface area contributed by atoms with Gasteiger partial charge in [0.1, 0.15) is 11.6 Å². The first-order valence-corrected chi connectivity index (χ1v) is 6.39. The van der Waals surface area contributed by atoms with Gasteiger partial charge in [-0.25, -0.2) is 4.98 Å². The van der Waals surface area contributed by atoms with Crippen molar-refractivity contribution in [1.82, 2.24) is 9.97 Å². The van der Waals surface area contributed by atoms with Gasteiger partial charge in [0, 0.05) is 10.6 Å². The van der Waals surface area contributed by atoms with Crippen LogP contribution in [-0.4, -0.2) is 17.1 Å². The van der Waals surface area contributed by atoms with Crippen LogP contribution >= 0.6 is 11.6 Å². The Balaban J connectivity index is 2.19. The summed E-state index contributed by atoms with van der Waals surface area (Å²) in [5.41, 5.74) is 1.24. The summed E-state index contributed by atoms with van der Waals surface area (Å²) in [7, 11) is 1.56. The number of fused-ring (bicyclic) bond motifs is 1. The van der Waals surface area contributed by atoms with Crippen molar-refractivity contribution in [3.63, 3.8) is 0 Å². The number of halogens is 1. The molecule has 5 heteroatoms. The van der Waals surface area contributed by atoms with Gasteiger partial charge in [-0.2, -0.15) is 0 Å². The largest absolute Gasteiger partial charge is 0.497 e. The fourth-order valence-electron chi connectivity index (χ4n) is 1.99. The predicted molar refractivity (Wildman–Crippen MR) is 79.4 cm³/mol. The first kappa shape index (κ1) is 12.7. The van der Waals surface area contributed by atoms with Crippen molar-refractivity contribution >= 4 is 22.5 Å². The highest BCUT2D eigenvalue weighted by Gasteiger charge is 2.07. The maximum Gasteiger partial charge on any atom is 0.259 e. The molecule has 3 aromatic rings. The highest BCUT2D eigenvalue weighted by molar-refractivity contribution is 6.30. The number of methoxy groups -OCH3 is 1. The molecule has 100 valence electrons. The SMILES string of the molecule is COc1ccc2nc(-c3ccc(Cl)cc3)[nH]c(=O)c2c1. The molecule has 0 bridgehead atoms. The van der Waals surface area contributed by atoms with Crippen molar-refractivity contribution in [3.05, 3.63) is 57.8 Å². The number of benzene rings is 2. The molecule has 0 aliphatic carbocycles. The first-order valence-electron chi connectivity index (χ1n) is 6.01. The van der Waals surface area contributed by atoms with Crippen LogP contribution in [0.5, 0.6) is 5.75 Å². The minimum atomic E-state index is -0.196. The summed E-state index contributed by atoms with van der Waals surface area (Å²) in [6.07, 6.45) is 0. The number of nitrogens with one attached hydrogen (secondary N) is 1. The van der Waals surface area contributed by atoms with E-state index in [2.05, 4.69) is 9.97 Å². The third-order valence-electron chi connectivity index (χ3n) is 3.03. The van der Waals surface area contributed by atoms with Crippen molar-refractivity contribution in [2.75, 3.05) is 7.11 Å². The molecule has 1 N–H and O–H groups in total. The number of ether oxygens (including phenoxy) is 1. The topological polar surface area (TPSA) is 55.0 Å². The van der Waals surface area contributed by atoms with E-state index >= 15 is 0 Å². The molecule has 0 atom stereocenters. The molecule has 0 aliphatic rings. The van der Waals surface area contributed by atoms with E-state index in [4.69, 9.17) is 16.3 Å². The van der Waals surface area contributed by atoms with E-state index in [0.29, 0.717) is 27.5 Å². The lowest BCUT2D eigenvalue weighted by molar-refractivity contribution is 0.415. The van der Waals surface area contributed by atoms with Crippen LogP contribution in [0.1, 0.15) is 0 Å². The van der Waals surface area contributed by atoms with Crippen LogP contribution in [0.25, 0.3) is 22.3 Å². The fraction of sp³-hybridized carbons (Fsp3) is 0.0667. The second-order valence-electron chi connectivity index (χ2n) is 4.30. The molecule has 1 aromatic heterocycles. The maximum atomic E-state index is 12.1. The van der Waals surface area contributed by atoms with Crippen LogP contribution in [0.4, 0.5) is 0 Å². The quantitative estimate of drug-likeness (QED) is 0.787. The molecule has 0 unspecified atom stereocenters. The zero-order chi connectivity index (χ0) is 14.1. The van der Waals surface area contributed by atoms with Crippen molar-refractivity contribution < 1.29 is 4.74 Å². The molecule has 0 radical (unpaired) electrons. The molecule has 0 saturated heterocycles. The number of nitrogens with zero attached hydrogens (tertiary/aromatic N) is 1. The summed E-state index contributed by atoms with van der Waals surface area (Å²) in [5, 5.41) is 1.14. The third kappa shape index (κ3) is 2.26. The van der Waals surface area contributed by atoms with Crippen molar-refractivity contribution in [1.29, 1.82) is 0 Å². The molecule has 3 rings (SSSR count). The number of aromatic amines is 1. The van der Waals surface area contributed by atoms with Crippen molar-refractivity contribution in [2.45, 2.75) is 0 Å². The number of aromatic nitrogens is 2. The summed E-state index contributed by atoms with van der Waals surface area (Å²) in [6.45, 7) is 0. The van der Waals surface area contributed by atoms with E-state index in [-0.39, 0.29) is 5.56 Å². The van der Waals surface area contributed by atoms with Crippen LogP contribution in [0.15, 0.2) is 47.3 Å². The van der Waals surface area contributed by atoms with E-state index in [0.717, 1.165) is 5.56 Å². The molecule has 0 aliphatic heterocycles. The smallest absolute Gasteiger partial charge is 0.259 e. The zero-order valence-corrected chi connectivity index (χ0v) is 11.4. The van der Waals surface area contributed by atoms with E-state index in [9.17, 15) is 4.79 Å². The lowest BCUT2D eigenvalue weighted by Crippen LogP contribution is -2.09. The van der Waals surface area contributed by atoms with Gasteiger partial charge in [-0.15, -0.1) is 0 Å². The van der Waals surface area contributed by atoms with E-state index in [1.807, 2.05) is 12.1 Å². The molecule has 4 nitrogen and oxygen atoms in total. The number of hydrogen-bond acceptors (Lipinski definition) is 3. The van der Waals surface area contributed by atoms with Crippen molar-refractivity contribution in [2.24, 2.45) is 0 Å². The minimum Gasteiger partial charge on any atom is -0.497 e. The van der Waals surface area contributed by atoms with Gasteiger partial charge in [0.25, 0.3) is 5.56 Å². The van der Waals surface area contributed by atoms with E-state index in [1.165, 1.54) is 0 Å². The van der Waals surface area contributed by atoms with Gasteiger partial charge in [-0.1, -0.05) is 11.6 Å². The van der Waals surface area contributed by atoms with Crippen LogP contribution in [0.2, 0.25) is 5.02 Å². The minimum absolute atomic E-state index is 0.196. The summed E-state index contributed by atoms with van der Waals surface area (Å²) in [6, 6.07) is 12.4. The molecule has 20 heavy (non-hydrogen) atoms. The Morgan fingerprint density at radius 3 is 2.60 bits per heavy atom. The summed E-state index contributed by atoms with van der Waals surface area (Å²) < 4.78 is 5.11. The lowest BCUT2D eigenvalue weighted by atomic mass is 10.2. The molecular weight excluding hydrogens is 276 g/mol. The second kappa shape index (κ2) is 4.98. The standard InChI is InChI=1S/C15H11ClN2O2/c1-20-11-6-7-13-12(8-11)15(19)18-14(17-13)9-2-4-10(16)5-3-9/h2-8H,1H3,(H,17,18,19). The Morgan fingerprint density at radius 1 is 1.15 bits per heavy atom. The Hall–Kier alpha value is -2.33. The lowest BCUT2D eigenvalue weighted by Gasteiger charge is -2.05. The monoisotopic (exact) mass is 286 g/mol. The van der Waals surface area contributed by atoms with E-state index in [1.54, 1.807) is 37.4 Å². The molecule has 0 amide bonds. The summed E-state index contributed by atoms with van der Waals surface area (Å²) in [5.74, 6) is 1.15. The normalized spacial score (nSPS) is 10.7. The average Bonchev–Trinajstić information content (AvgIpc) is 2.47. The zero-order valence-electron chi connectivity index (χ0n) is 10.7. The molecule has 0 saturated carbocycles. The van der Waals surface area contributed by atoms with Gasteiger partial charge in [-0.3, -0.25) is 4.79 Å². The van der Waals surface area contributed by atoms with E-state index < -0.39 is 0 Å². The van der Waals surface area contributed by atoms with Crippen LogP contribution in [0.3, 0.4) is 0 Å². The van der Waals surface area contributed by atoms with Crippen LogP contribution in [-0.2, 0) is 0 Å². The molecule has 1 heterocycles. The van der Waals surface area contributed by atoms with Gasteiger partial charge in [0.05, 0.1) is 18.0 Å². The highest BCUT2D eigenvalue weighted by Crippen LogP contribution is 2.21. The number of hydrogen-bond donors (Lipinski definition) is 1. The first-order chi connectivity index (χ1) is 9.67. The predicted octanol–water partition coefficient (Wildman–Crippen LogP) is 3.25. The van der Waals surface area contributed by atoms with Crippen LogP contribution < -0.4 is 10.3 Å². The number of H-pyrrole nitrogens is 1. The summed E-state index contributed by atoms with van der Waals surface area (Å²) in [4.78, 5) is 19.4. The Kier molecular flexibility index (Phi) is 3.16. The fourth-order valence-corrected chi connectivity index (χ4v) is 2.12. The maximum absolute atomic E-state index is 12.1. The Labute approximate surface area is 120 Å². The van der Waals surface area contributed by atoms with Crippen LogP contribution in [0, 0.1) is 0 Å². The van der Waals surface area contributed by atoms with Gasteiger partial charge >= 0.3 is 0 Å². The van der Waals surface area contributed by atoms with Crippen molar-refractivity contribution in [3.8, 4) is 17.1 Å². The average molecular weight is 287 g/mol. The Morgan fingerprint density at radius 2 is 1.90 bits per heavy atom. The summed E-state index contributed by atoms with van der Waals surface area (Å²) >= 11 is 5.85. The van der Waals surface area contributed by atoms with Gasteiger partial charge < -0.3 is 9.72 Å².